The molecule has 2 aromatic rings. The molecular formula is C15H13ClF2. The van der Waals surface area contributed by atoms with E-state index < -0.39 is 11.6 Å². The van der Waals surface area contributed by atoms with Gasteiger partial charge in [0.2, 0.25) is 0 Å². The summed E-state index contributed by atoms with van der Waals surface area (Å²) < 4.78 is 26.3. The maximum atomic E-state index is 13.5. The molecule has 0 nitrogen and oxygen atoms in total. The number of benzene rings is 2. The van der Waals surface area contributed by atoms with Crippen molar-refractivity contribution in [2.45, 2.75) is 18.7 Å². The van der Waals surface area contributed by atoms with Crippen molar-refractivity contribution in [1.82, 2.24) is 0 Å². The summed E-state index contributed by atoms with van der Waals surface area (Å²) in [7, 11) is 0. The van der Waals surface area contributed by atoms with Gasteiger partial charge in [-0.3, -0.25) is 0 Å². The zero-order chi connectivity index (χ0) is 13.1. The summed E-state index contributed by atoms with van der Waals surface area (Å²) in [5, 5.41) is -0.314. The van der Waals surface area contributed by atoms with Crippen molar-refractivity contribution < 1.29 is 8.78 Å². The minimum Gasteiger partial charge on any atom is -0.207 e. The van der Waals surface area contributed by atoms with Gasteiger partial charge in [0.1, 0.15) is 11.6 Å². The summed E-state index contributed by atoms with van der Waals surface area (Å²) in [4.78, 5) is 0. The predicted molar refractivity (Wildman–Crippen MR) is 69.8 cm³/mol. The molecule has 0 saturated carbocycles. The van der Waals surface area contributed by atoms with Crippen LogP contribution in [0.4, 0.5) is 8.78 Å². The molecule has 3 heteroatoms. The first-order valence-corrected chi connectivity index (χ1v) is 6.15. The smallest absolute Gasteiger partial charge is 0.129 e. The van der Waals surface area contributed by atoms with Gasteiger partial charge in [-0.15, -0.1) is 11.6 Å². The SMILES string of the molecule is Cc1ccccc1C(Cl)Cc1ccc(F)cc1F. The minimum absolute atomic E-state index is 0.314. The lowest BCUT2D eigenvalue weighted by Crippen LogP contribution is -2.00. The monoisotopic (exact) mass is 266 g/mol. The van der Waals surface area contributed by atoms with Crippen molar-refractivity contribution >= 4 is 11.6 Å². The molecule has 0 bridgehead atoms. The normalized spacial score (nSPS) is 12.4. The molecule has 0 aromatic heterocycles. The first kappa shape index (κ1) is 13.0. The van der Waals surface area contributed by atoms with Gasteiger partial charge in [-0.25, -0.2) is 8.78 Å². The number of hydrogen-bond acceptors (Lipinski definition) is 0. The van der Waals surface area contributed by atoms with E-state index in [9.17, 15) is 8.78 Å². The second-order valence-corrected chi connectivity index (χ2v) is 4.79. The van der Waals surface area contributed by atoms with Crippen LogP contribution in [-0.4, -0.2) is 0 Å². The van der Waals surface area contributed by atoms with Gasteiger partial charge in [0.15, 0.2) is 0 Å². The van der Waals surface area contributed by atoms with E-state index in [1.165, 1.54) is 12.1 Å². The highest BCUT2D eigenvalue weighted by Gasteiger charge is 2.13. The average molecular weight is 267 g/mol. The second-order valence-electron chi connectivity index (χ2n) is 4.26. The van der Waals surface area contributed by atoms with Crippen LogP contribution in [-0.2, 0) is 6.42 Å². The Kier molecular flexibility index (Phi) is 3.97. The van der Waals surface area contributed by atoms with Gasteiger partial charge in [-0.1, -0.05) is 30.3 Å². The van der Waals surface area contributed by atoms with Crippen LogP contribution < -0.4 is 0 Å². The predicted octanol–water partition coefficient (Wildman–Crippen LogP) is 4.80. The maximum Gasteiger partial charge on any atom is 0.129 e. The van der Waals surface area contributed by atoms with Gasteiger partial charge >= 0.3 is 0 Å². The van der Waals surface area contributed by atoms with Crippen molar-refractivity contribution in [3.05, 3.63) is 70.8 Å². The highest BCUT2D eigenvalue weighted by molar-refractivity contribution is 6.21. The molecule has 0 aliphatic heterocycles. The van der Waals surface area contributed by atoms with Crippen molar-refractivity contribution in [2.75, 3.05) is 0 Å². The van der Waals surface area contributed by atoms with Gasteiger partial charge in [0.25, 0.3) is 0 Å². The van der Waals surface area contributed by atoms with Gasteiger partial charge in [-0.05, 0) is 36.1 Å². The van der Waals surface area contributed by atoms with E-state index in [1.807, 2.05) is 31.2 Å². The second kappa shape index (κ2) is 5.49. The molecule has 2 rings (SSSR count). The molecule has 0 spiro atoms. The maximum absolute atomic E-state index is 13.5. The largest absolute Gasteiger partial charge is 0.207 e. The zero-order valence-corrected chi connectivity index (χ0v) is 10.7. The van der Waals surface area contributed by atoms with E-state index in [1.54, 1.807) is 0 Å². The van der Waals surface area contributed by atoms with Crippen LogP contribution in [0.5, 0.6) is 0 Å². The molecule has 0 radical (unpaired) electrons. The summed E-state index contributed by atoms with van der Waals surface area (Å²) in [6, 6.07) is 11.3. The summed E-state index contributed by atoms with van der Waals surface area (Å²) >= 11 is 6.30. The summed E-state index contributed by atoms with van der Waals surface area (Å²) in [5.41, 5.74) is 2.47. The Morgan fingerprint density at radius 1 is 1.11 bits per heavy atom. The Morgan fingerprint density at radius 3 is 2.50 bits per heavy atom. The fraction of sp³-hybridized carbons (Fsp3) is 0.200. The first-order chi connectivity index (χ1) is 8.58. The first-order valence-electron chi connectivity index (χ1n) is 5.71. The fourth-order valence-corrected chi connectivity index (χ4v) is 2.34. The van der Waals surface area contributed by atoms with Gasteiger partial charge in [0.05, 0.1) is 5.38 Å². The van der Waals surface area contributed by atoms with Crippen LogP contribution in [0.2, 0.25) is 0 Å². The third-order valence-corrected chi connectivity index (χ3v) is 3.33. The van der Waals surface area contributed by atoms with Gasteiger partial charge in [0, 0.05) is 6.07 Å². The molecule has 2 aromatic carbocycles. The Hall–Kier alpha value is -1.41. The molecular weight excluding hydrogens is 254 g/mol. The number of hydrogen-bond donors (Lipinski definition) is 0. The van der Waals surface area contributed by atoms with E-state index in [-0.39, 0.29) is 5.38 Å². The highest BCUT2D eigenvalue weighted by Crippen LogP contribution is 2.28. The third kappa shape index (κ3) is 2.88. The molecule has 1 unspecified atom stereocenters. The Bertz CT molecular complexity index is 552. The molecule has 0 aliphatic carbocycles. The van der Waals surface area contributed by atoms with Crippen molar-refractivity contribution in [3.8, 4) is 0 Å². The molecule has 0 heterocycles. The third-order valence-electron chi connectivity index (χ3n) is 2.94. The van der Waals surface area contributed by atoms with E-state index >= 15 is 0 Å². The van der Waals surface area contributed by atoms with Gasteiger partial charge in [-0.2, -0.15) is 0 Å². The molecule has 1 atom stereocenters. The molecule has 0 fully saturated rings. The number of rotatable bonds is 3. The fourth-order valence-electron chi connectivity index (χ4n) is 1.93. The highest BCUT2D eigenvalue weighted by atomic mass is 35.5. The van der Waals surface area contributed by atoms with E-state index in [0.717, 1.165) is 17.2 Å². The van der Waals surface area contributed by atoms with Crippen molar-refractivity contribution in [1.29, 1.82) is 0 Å². The lowest BCUT2D eigenvalue weighted by molar-refractivity contribution is 0.570. The molecule has 18 heavy (non-hydrogen) atoms. The number of aryl methyl sites for hydroxylation is 1. The van der Waals surface area contributed by atoms with Crippen LogP contribution in [0.1, 0.15) is 22.1 Å². The van der Waals surface area contributed by atoms with Crippen LogP contribution in [0, 0.1) is 18.6 Å². The lowest BCUT2D eigenvalue weighted by atomic mass is 10.00. The Morgan fingerprint density at radius 2 is 1.83 bits per heavy atom. The van der Waals surface area contributed by atoms with Crippen LogP contribution >= 0.6 is 11.6 Å². The van der Waals surface area contributed by atoms with Crippen molar-refractivity contribution in [3.63, 3.8) is 0 Å². The molecule has 0 amide bonds. The van der Waals surface area contributed by atoms with Crippen LogP contribution in [0.3, 0.4) is 0 Å². The molecule has 0 N–H and O–H groups in total. The summed E-state index contributed by atoms with van der Waals surface area (Å²) in [6.45, 7) is 1.96. The topological polar surface area (TPSA) is 0 Å². The molecule has 94 valence electrons. The minimum atomic E-state index is -0.571. The van der Waals surface area contributed by atoms with E-state index in [2.05, 4.69) is 0 Å². The molecule has 0 aliphatic rings. The Labute approximate surface area is 110 Å². The zero-order valence-electron chi connectivity index (χ0n) is 9.96. The molecule has 0 saturated heterocycles. The number of halogens is 3. The van der Waals surface area contributed by atoms with Crippen LogP contribution in [0.25, 0.3) is 0 Å². The lowest BCUT2D eigenvalue weighted by Gasteiger charge is -2.13. The summed E-state index contributed by atoms with van der Waals surface area (Å²) in [5.74, 6) is -1.12. The van der Waals surface area contributed by atoms with Crippen LogP contribution in [0.15, 0.2) is 42.5 Å². The average Bonchev–Trinajstić information content (AvgIpc) is 2.33. The quantitative estimate of drug-likeness (QED) is 0.701. The van der Waals surface area contributed by atoms with Crippen molar-refractivity contribution in [2.24, 2.45) is 0 Å². The Balaban J connectivity index is 2.21. The van der Waals surface area contributed by atoms with Gasteiger partial charge < -0.3 is 0 Å². The van der Waals surface area contributed by atoms with E-state index in [4.69, 9.17) is 11.6 Å². The summed E-state index contributed by atoms with van der Waals surface area (Å²) in [6.07, 6.45) is 0.346. The van der Waals surface area contributed by atoms with E-state index in [0.29, 0.717) is 12.0 Å². The number of alkyl halides is 1. The standard InChI is InChI=1S/C15H13ClF2/c1-10-4-2-3-5-13(10)14(16)8-11-6-7-12(17)9-15(11)18/h2-7,9,14H,8H2,1H3.